The molecule has 2 heterocycles. The van der Waals surface area contributed by atoms with Gasteiger partial charge in [-0.15, -0.1) is 0 Å². The molecule has 1 aromatic carbocycles. The smallest absolute Gasteiger partial charge is 0.136 e. The molecule has 3 rings (SSSR count). The van der Waals surface area contributed by atoms with Crippen LogP contribution in [0.25, 0.3) is 21.9 Å². The Morgan fingerprint density at radius 1 is 1.18 bits per heavy atom. The standard InChI is InChI=1S/C17H21N3O2/c1-4-22-10-14-19-16-12(3)18-15-11(2)6-5-7-13(15)17(16)20(14)8-9-21/h5-7,21H,4,8-10H2,1-3H3. The fourth-order valence-electron chi connectivity index (χ4n) is 2.89. The number of hydrogen-bond donors (Lipinski definition) is 1. The van der Waals surface area contributed by atoms with Gasteiger partial charge in [0.1, 0.15) is 17.9 Å². The molecule has 5 nitrogen and oxygen atoms in total. The first-order chi connectivity index (χ1) is 10.7. The third-order valence-corrected chi connectivity index (χ3v) is 3.92. The van der Waals surface area contributed by atoms with Crippen LogP contribution in [0.1, 0.15) is 24.0 Å². The van der Waals surface area contributed by atoms with Crippen molar-refractivity contribution in [3.8, 4) is 0 Å². The highest BCUT2D eigenvalue weighted by Crippen LogP contribution is 2.29. The molecule has 2 aromatic heterocycles. The number of benzene rings is 1. The summed E-state index contributed by atoms with van der Waals surface area (Å²) in [6, 6.07) is 6.16. The fourth-order valence-corrected chi connectivity index (χ4v) is 2.89. The van der Waals surface area contributed by atoms with Crippen molar-refractivity contribution in [1.29, 1.82) is 0 Å². The molecule has 0 fully saturated rings. The van der Waals surface area contributed by atoms with Crippen molar-refractivity contribution in [1.82, 2.24) is 14.5 Å². The zero-order chi connectivity index (χ0) is 15.7. The summed E-state index contributed by atoms with van der Waals surface area (Å²) in [7, 11) is 0. The van der Waals surface area contributed by atoms with E-state index in [0.717, 1.165) is 39.0 Å². The summed E-state index contributed by atoms with van der Waals surface area (Å²) in [5.41, 5.74) is 4.97. The molecule has 0 saturated heterocycles. The quantitative estimate of drug-likeness (QED) is 0.787. The normalized spacial score (nSPS) is 11.6. The molecule has 1 N–H and O–H groups in total. The summed E-state index contributed by atoms with van der Waals surface area (Å²) in [6.45, 7) is 7.66. The van der Waals surface area contributed by atoms with Gasteiger partial charge in [0, 0.05) is 18.5 Å². The van der Waals surface area contributed by atoms with Crippen LogP contribution in [0.5, 0.6) is 0 Å². The minimum absolute atomic E-state index is 0.0687. The Balaban J connectivity index is 2.36. The summed E-state index contributed by atoms with van der Waals surface area (Å²) < 4.78 is 7.58. The second-order valence-electron chi connectivity index (χ2n) is 5.41. The van der Waals surface area contributed by atoms with Crippen LogP contribution in [0.15, 0.2) is 18.2 Å². The van der Waals surface area contributed by atoms with Gasteiger partial charge in [-0.05, 0) is 26.3 Å². The number of para-hydroxylation sites is 1. The van der Waals surface area contributed by atoms with E-state index in [-0.39, 0.29) is 6.61 Å². The van der Waals surface area contributed by atoms with E-state index in [9.17, 15) is 5.11 Å². The number of aliphatic hydroxyl groups excluding tert-OH is 1. The maximum Gasteiger partial charge on any atom is 0.136 e. The topological polar surface area (TPSA) is 60.2 Å². The molecule has 116 valence electrons. The van der Waals surface area contributed by atoms with E-state index in [2.05, 4.69) is 23.6 Å². The average molecular weight is 299 g/mol. The molecule has 3 aromatic rings. The molecule has 22 heavy (non-hydrogen) atoms. The second-order valence-corrected chi connectivity index (χ2v) is 5.41. The molecule has 0 aliphatic carbocycles. The van der Waals surface area contributed by atoms with Gasteiger partial charge < -0.3 is 14.4 Å². The van der Waals surface area contributed by atoms with Gasteiger partial charge >= 0.3 is 0 Å². The minimum atomic E-state index is 0.0687. The van der Waals surface area contributed by atoms with Crippen LogP contribution < -0.4 is 0 Å². The highest BCUT2D eigenvalue weighted by atomic mass is 16.5. The van der Waals surface area contributed by atoms with E-state index in [1.165, 1.54) is 0 Å². The Kier molecular flexibility index (Phi) is 4.09. The molecule has 0 atom stereocenters. The lowest BCUT2D eigenvalue weighted by Gasteiger charge is -2.10. The summed E-state index contributed by atoms with van der Waals surface area (Å²) in [4.78, 5) is 9.43. The number of rotatable bonds is 5. The Bertz CT molecular complexity index is 824. The molecule has 0 unspecified atom stereocenters. The SMILES string of the molecule is CCOCc1nc2c(C)nc3c(C)cccc3c2n1CCO. The molecule has 0 radical (unpaired) electrons. The summed E-state index contributed by atoms with van der Waals surface area (Å²) in [6.07, 6.45) is 0. The first-order valence-corrected chi connectivity index (χ1v) is 7.61. The number of imidazole rings is 1. The Labute approximate surface area is 129 Å². The Morgan fingerprint density at radius 2 is 2.00 bits per heavy atom. The van der Waals surface area contributed by atoms with E-state index in [1.807, 2.05) is 19.9 Å². The van der Waals surface area contributed by atoms with Crippen LogP contribution in [0, 0.1) is 13.8 Å². The molecule has 0 amide bonds. The van der Waals surface area contributed by atoms with Crippen LogP contribution in [-0.4, -0.2) is 32.9 Å². The van der Waals surface area contributed by atoms with Gasteiger partial charge in [0.15, 0.2) is 0 Å². The zero-order valence-electron chi connectivity index (χ0n) is 13.3. The third-order valence-electron chi connectivity index (χ3n) is 3.92. The van der Waals surface area contributed by atoms with Gasteiger partial charge in [0.2, 0.25) is 0 Å². The van der Waals surface area contributed by atoms with Crippen molar-refractivity contribution >= 4 is 21.9 Å². The first-order valence-electron chi connectivity index (χ1n) is 7.61. The molecule has 0 spiro atoms. The summed E-state index contributed by atoms with van der Waals surface area (Å²) in [5.74, 6) is 0.838. The number of aromatic nitrogens is 3. The van der Waals surface area contributed by atoms with Crippen molar-refractivity contribution in [2.45, 2.75) is 33.9 Å². The molecule has 5 heteroatoms. The third kappa shape index (κ3) is 2.36. The van der Waals surface area contributed by atoms with Gasteiger partial charge in [0.05, 0.1) is 23.3 Å². The second kappa shape index (κ2) is 6.02. The predicted molar refractivity (Wildman–Crippen MR) is 86.9 cm³/mol. The molecule has 0 saturated carbocycles. The maximum atomic E-state index is 9.44. The minimum Gasteiger partial charge on any atom is -0.395 e. The lowest BCUT2D eigenvalue weighted by molar-refractivity contribution is 0.125. The Morgan fingerprint density at radius 3 is 2.73 bits per heavy atom. The van der Waals surface area contributed by atoms with Crippen molar-refractivity contribution in [3.05, 3.63) is 35.3 Å². The first kappa shape index (κ1) is 14.9. The fraction of sp³-hybridized carbons (Fsp3) is 0.412. The molecule has 0 aliphatic rings. The largest absolute Gasteiger partial charge is 0.395 e. The maximum absolute atomic E-state index is 9.44. The van der Waals surface area contributed by atoms with Gasteiger partial charge in [-0.2, -0.15) is 0 Å². The van der Waals surface area contributed by atoms with E-state index >= 15 is 0 Å². The van der Waals surface area contributed by atoms with Crippen molar-refractivity contribution in [3.63, 3.8) is 0 Å². The van der Waals surface area contributed by atoms with E-state index in [0.29, 0.717) is 19.8 Å². The van der Waals surface area contributed by atoms with Gasteiger partial charge in [-0.3, -0.25) is 4.98 Å². The predicted octanol–water partition coefficient (Wildman–Crippen LogP) is 2.73. The van der Waals surface area contributed by atoms with Crippen LogP contribution in [-0.2, 0) is 17.9 Å². The average Bonchev–Trinajstić information content (AvgIpc) is 2.87. The van der Waals surface area contributed by atoms with E-state index in [4.69, 9.17) is 14.7 Å². The summed E-state index contributed by atoms with van der Waals surface area (Å²) >= 11 is 0. The summed E-state index contributed by atoms with van der Waals surface area (Å²) in [5, 5.41) is 10.5. The van der Waals surface area contributed by atoms with Gasteiger partial charge in [0.25, 0.3) is 0 Å². The lowest BCUT2D eigenvalue weighted by atomic mass is 10.1. The van der Waals surface area contributed by atoms with Crippen molar-refractivity contribution < 1.29 is 9.84 Å². The highest BCUT2D eigenvalue weighted by molar-refractivity contribution is 6.04. The van der Waals surface area contributed by atoms with Crippen LogP contribution in [0.2, 0.25) is 0 Å². The van der Waals surface area contributed by atoms with Gasteiger partial charge in [-0.1, -0.05) is 18.2 Å². The van der Waals surface area contributed by atoms with Gasteiger partial charge in [-0.25, -0.2) is 4.98 Å². The highest BCUT2D eigenvalue weighted by Gasteiger charge is 2.17. The van der Waals surface area contributed by atoms with Crippen LogP contribution in [0.4, 0.5) is 0 Å². The van der Waals surface area contributed by atoms with E-state index in [1.54, 1.807) is 0 Å². The van der Waals surface area contributed by atoms with Crippen LogP contribution >= 0.6 is 0 Å². The van der Waals surface area contributed by atoms with Crippen molar-refractivity contribution in [2.75, 3.05) is 13.2 Å². The lowest BCUT2D eigenvalue weighted by Crippen LogP contribution is -2.08. The number of pyridine rings is 1. The molecule has 0 aliphatic heterocycles. The number of aryl methyl sites for hydroxylation is 2. The monoisotopic (exact) mass is 299 g/mol. The number of nitrogens with zero attached hydrogens (tertiary/aromatic N) is 3. The number of ether oxygens (including phenoxy) is 1. The van der Waals surface area contributed by atoms with Crippen LogP contribution in [0.3, 0.4) is 0 Å². The molecular formula is C17H21N3O2. The molecular weight excluding hydrogens is 278 g/mol. The zero-order valence-corrected chi connectivity index (χ0v) is 13.3. The Hall–Kier alpha value is -1.98. The van der Waals surface area contributed by atoms with E-state index < -0.39 is 0 Å². The van der Waals surface area contributed by atoms with Crippen molar-refractivity contribution in [2.24, 2.45) is 0 Å². The number of fused-ring (bicyclic) bond motifs is 3. The number of hydrogen-bond acceptors (Lipinski definition) is 4. The number of aliphatic hydroxyl groups is 1. The molecule has 0 bridgehead atoms.